The lowest BCUT2D eigenvalue weighted by Gasteiger charge is -2.51. The van der Waals surface area contributed by atoms with Crippen LogP contribution in [0.3, 0.4) is 0 Å². The number of halogens is 3. The Morgan fingerprint density at radius 1 is 1.32 bits per heavy atom. The van der Waals surface area contributed by atoms with Crippen LogP contribution in [-0.2, 0) is 17.3 Å². The minimum Gasteiger partial charge on any atom is -0.380 e. The molecule has 28 heavy (non-hydrogen) atoms. The number of ether oxygens (including phenoxy) is 1. The van der Waals surface area contributed by atoms with E-state index in [1.165, 1.54) is 12.1 Å². The van der Waals surface area contributed by atoms with Crippen molar-refractivity contribution >= 4 is 0 Å². The third-order valence-corrected chi connectivity index (χ3v) is 6.65. The summed E-state index contributed by atoms with van der Waals surface area (Å²) < 4.78 is 44.9. The Morgan fingerprint density at radius 2 is 2.11 bits per heavy atom. The lowest BCUT2D eigenvalue weighted by molar-refractivity contribution is -0.137. The fourth-order valence-electron chi connectivity index (χ4n) is 4.75. The highest BCUT2D eigenvalue weighted by Gasteiger charge is 2.42. The molecular weight excluding hydrogens is 365 g/mol. The monoisotopic (exact) mass is 398 g/mol. The molecule has 0 radical (unpaired) electrons. The van der Waals surface area contributed by atoms with E-state index in [-0.39, 0.29) is 5.54 Å². The van der Waals surface area contributed by atoms with Crippen molar-refractivity contribution in [2.45, 2.75) is 69.8 Å². The zero-order valence-electron chi connectivity index (χ0n) is 17.3. The molecule has 2 fully saturated rings. The van der Waals surface area contributed by atoms with Gasteiger partial charge in [0.25, 0.3) is 0 Å². The van der Waals surface area contributed by atoms with Crippen LogP contribution in [0, 0.1) is 0 Å². The molecule has 1 aromatic carbocycles. The second-order valence-corrected chi connectivity index (χ2v) is 8.72. The van der Waals surface area contributed by atoms with Crippen molar-refractivity contribution in [1.29, 1.82) is 0 Å². The normalized spacial score (nSPS) is 27.1. The Hall–Kier alpha value is -1.11. The van der Waals surface area contributed by atoms with E-state index in [0.717, 1.165) is 63.6 Å². The predicted molar refractivity (Wildman–Crippen MR) is 105 cm³/mol. The Morgan fingerprint density at radius 3 is 2.75 bits per heavy atom. The largest absolute Gasteiger partial charge is 0.416 e. The molecule has 2 saturated heterocycles. The summed E-state index contributed by atoms with van der Waals surface area (Å²) in [5, 5.41) is 0. The average Bonchev–Trinajstić information content (AvgIpc) is 3.20. The van der Waals surface area contributed by atoms with Crippen molar-refractivity contribution in [1.82, 2.24) is 9.80 Å². The van der Waals surface area contributed by atoms with Gasteiger partial charge in [-0.05, 0) is 71.2 Å². The summed E-state index contributed by atoms with van der Waals surface area (Å²) in [6.45, 7) is 8.06. The van der Waals surface area contributed by atoms with E-state index >= 15 is 0 Å². The van der Waals surface area contributed by atoms with Crippen LogP contribution in [0.5, 0.6) is 0 Å². The zero-order chi connectivity index (χ0) is 20.4. The molecule has 6 heteroatoms. The quantitative estimate of drug-likeness (QED) is 0.696. The Labute approximate surface area is 166 Å². The maximum atomic E-state index is 13.1. The first-order chi connectivity index (χ1) is 13.2. The van der Waals surface area contributed by atoms with E-state index < -0.39 is 11.7 Å². The Bertz CT molecular complexity index is 643. The molecule has 158 valence electrons. The van der Waals surface area contributed by atoms with E-state index in [2.05, 4.69) is 30.7 Å². The fourth-order valence-corrected chi connectivity index (χ4v) is 4.75. The van der Waals surface area contributed by atoms with Crippen LogP contribution in [0.4, 0.5) is 13.2 Å². The molecule has 1 aromatic rings. The fraction of sp³-hybridized carbons (Fsp3) is 0.727. The number of alkyl halides is 3. The van der Waals surface area contributed by atoms with Gasteiger partial charge in [-0.15, -0.1) is 0 Å². The van der Waals surface area contributed by atoms with Gasteiger partial charge in [0, 0.05) is 30.8 Å². The topological polar surface area (TPSA) is 15.7 Å². The lowest BCUT2D eigenvalue weighted by atomic mass is 9.80. The van der Waals surface area contributed by atoms with Crippen molar-refractivity contribution in [3.63, 3.8) is 0 Å². The number of aryl methyl sites for hydroxylation is 1. The minimum atomic E-state index is -4.29. The zero-order valence-corrected chi connectivity index (χ0v) is 17.3. The third-order valence-electron chi connectivity index (χ3n) is 6.65. The minimum absolute atomic E-state index is 0.0187. The number of likely N-dealkylation sites (tertiary alicyclic amines) is 1. The highest BCUT2D eigenvalue weighted by molar-refractivity contribution is 5.26. The van der Waals surface area contributed by atoms with E-state index in [1.807, 2.05) is 6.07 Å². The molecule has 0 saturated carbocycles. The van der Waals surface area contributed by atoms with Crippen molar-refractivity contribution < 1.29 is 17.9 Å². The van der Waals surface area contributed by atoms with Crippen molar-refractivity contribution in [2.24, 2.45) is 0 Å². The van der Waals surface area contributed by atoms with Gasteiger partial charge in [-0.2, -0.15) is 13.2 Å². The van der Waals surface area contributed by atoms with Crippen LogP contribution in [-0.4, -0.2) is 60.8 Å². The van der Waals surface area contributed by atoms with Gasteiger partial charge in [-0.1, -0.05) is 18.2 Å². The molecule has 0 amide bonds. The summed E-state index contributed by atoms with van der Waals surface area (Å²) in [6.07, 6.45) is 0.480. The molecular formula is C22H33F3N2O. The molecule has 2 aliphatic rings. The average molecular weight is 399 g/mol. The first kappa shape index (κ1) is 21.6. The standard InChI is InChI=1S/C22H33F3N2O/c1-17(2)27-12-5-10-21(16-27,26(3)20-9-13-28-15-20)11-8-18-6-4-7-19(14-18)22(23,24)25/h4,6-7,14,17,20H,5,8-13,15-16H2,1-3H3/t20-,21+/m1/s1. The van der Waals surface area contributed by atoms with Gasteiger partial charge in [-0.3, -0.25) is 9.80 Å². The number of hydrogen-bond donors (Lipinski definition) is 0. The van der Waals surface area contributed by atoms with Crippen LogP contribution >= 0.6 is 0 Å². The molecule has 0 aliphatic carbocycles. The van der Waals surface area contributed by atoms with Crippen LogP contribution in [0.1, 0.15) is 50.7 Å². The van der Waals surface area contributed by atoms with Crippen molar-refractivity contribution in [2.75, 3.05) is 33.4 Å². The highest BCUT2D eigenvalue weighted by Crippen LogP contribution is 2.36. The van der Waals surface area contributed by atoms with Crippen LogP contribution in [0.15, 0.2) is 24.3 Å². The van der Waals surface area contributed by atoms with Gasteiger partial charge >= 0.3 is 6.18 Å². The number of likely N-dealkylation sites (N-methyl/N-ethyl adjacent to an activating group) is 1. The Kier molecular flexibility index (Phi) is 6.72. The summed E-state index contributed by atoms with van der Waals surface area (Å²) in [5.74, 6) is 0. The highest BCUT2D eigenvalue weighted by atomic mass is 19.4. The van der Waals surface area contributed by atoms with Crippen molar-refractivity contribution in [3.05, 3.63) is 35.4 Å². The van der Waals surface area contributed by atoms with Crippen LogP contribution < -0.4 is 0 Å². The number of rotatable bonds is 6. The Balaban J connectivity index is 1.79. The maximum Gasteiger partial charge on any atom is 0.416 e. The summed E-state index contributed by atoms with van der Waals surface area (Å²) in [5.41, 5.74) is 0.200. The van der Waals surface area contributed by atoms with Crippen molar-refractivity contribution in [3.8, 4) is 0 Å². The first-order valence-electron chi connectivity index (χ1n) is 10.4. The van der Waals surface area contributed by atoms with E-state index in [1.54, 1.807) is 0 Å². The van der Waals surface area contributed by atoms with E-state index in [0.29, 0.717) is 18.5 Å². The van der Waals surface area contributed by atoms with Gasteiger partial charge in [0.2, 0.25) is 0 Å². The maximum absolute atomic E-state index is 13.1. The first-order valence-corrected chi connectivity index (χ1v) is 10.4. The van der Waals surface area contributed by atoms with Gasteiger partial charge in [-0.25, -0.2) is 0 Å². The summed E-state index contributed by atoms with van der Waals surface area (Å²) in [6, 6.07) is 6.69. The molecule has 0 unspecified atom stereocenters. The SMILES string of the molecule is CC(C)N1CCC[C@@](CCc2cccc(C(F)(F)F)c2)(N(C)[C@@H]2CCOC2)C1. The van der Waals surface area contributed by atoms with Gasteiger partial charge in [0.15, 0.2) is 0 Å². The summed E-state index contributed by atoms with van der Waals surface area (Å²) >= 11 is 0. The van der Waals surface area contributed by atoms with Gasteiger partial charge in [0.05, 0.1) is 12.2 Å². The smallest absolute Gasteiger partial charge is 0.380 e. The second kappa shape index (κ2) is 8.72. The third kappa shape index (κ3) is 4.89. The molecule has 0 aromatic heterocycles. The van der Waals surface area contributed by atoms with E-state index in [4.69, 9.17) is 4.74 Å². The summed E-state index contributed by atoms with van der Waals surface area (Å²) in [4.78, 5) is 5.00. The number of piperidine rings is 1. The number of hydrogen-bond acceptors (Lipinski definition) is 3. The van der Waals surface area contributed by atoms with Crippen LogP contribution in [0.2, 0.25) is 0 Å². The molecule has 0 spiro atoms. The van der Waals surface area contributed by atoms with Gasteiger partial charge in [0.1, 0.15) is 0 Å². The molecule has 2 heterocycles. The van der Waals surface area contributed by atoms with E-state index in [9.17, 15) is 13.2 Å². The van der Waals surface area contributed by atoms with Crippen LogP contribution in [0.25, 0.3) is 0 Å². The molecule has 2 aliphatic heterocycles. The lowest BCUT2D eigenvalue weighted by Crippen LogP contribution is -2.61. The number of nitrogens with zero attached hydrogens (tertiary/aromatic N) is 2. The predicted octanol–water partition coefficient (Wildman–Crippen LogP) is 4.60. The molecule has 0 bridgehead atoms. The molecule has 3 rings (SSSR count). The molecule has 3 nitrogen and oxygen atoms in total. The molecule has 2 atom stereocenters. The number of benzene rings is 1. The second-order valence-electron chi connectivity index (χ2n) is 8.72. The summed E-state index contributed by atoms with van der Waals surface area (Å²) in [7, 11) is 2.19. The molecule has 0 N–H and O–H groups in total. The van der Waals surface area contributed by atoms with Gasteiger partial charge < -0.3 is 4.74 Å².